The van der Waals surface area contributed by atoms with Crippen LogP contribution < -0.4 is 24.3 Å². The lowest BCUT2D eigenvalue weighted by molar-refractivity contribution is -0.135. The van der Waals surface area contributed by atoms with Crippen molar-refractivity contribution < 1.29 is 36.9 Å². The van der Waals surface area contributed by atoms with Gasteiger partial charge in [-0.1, -0.05) is 24.3 Å². The summed E-state index contributed by atoms with van der Waals surface area (Å²) in [6.07, 6.45) is -2.45. The molecule has 1 N–H and O–H groups in total. The number of carbonyl (C=O) groups is 1. The van der Waals surface area contributed by atoms with E-state index in [0.29, 0.717) is 35.3 Å². The number of likely N-dealkylation sites (tertiary alicyclic amines) is 1. The molecule has 13 heteroatoms. The van der Waals surface area contributed by atoms with Crippen molar-refractivity contribution in [2.45, 2.75) is 56.8 Å². The van der Waals surface area contributed by atoms with Gasteiger partial charge >= 0.3 is 6.18 Å². The fraction of sp³-hybridized carbons (Fsp3) is 0.474. The minimum atomic E-state index is -4.19. The summed E-state index contributed by atoms with van der Waals surface area (Å²) in [5.41, 5.74) is 3.14. The molecule has 276 valence electrons. The van der Waals surface area contributed by atoms with Gasteiger partial charge in [-0.25, -0.2) is 4.98 Å². The molecule has 4 aromatic rings. The van der Waals surface area contributed by atoms with E-state index in [9.17, 15) is 18.0 Å². The first-order valence-corrected chi connectivity index (χ1v) is 17.2. The SMILES string of the molecule is COc1ccc(C(CCN2CCC(Nc3nc4ccccc4n3CCCC(F)(F)F)CC2)CN(C)C(=O)c2cc(OC)c(OC)c(OC)c2)cc1. The highest BCUT2D eigenvalue weighted by molar-refractivity contribution is 5.95. The predicted molar refractivity (Wildman–Crippen MR) is 192 cm³/mol. The van der Waals surface area contributed by atoms with Crippen molar-refractivity contribution >= 4 is 22.9 Å². The van der Waals surface area contributed by atoms with Crippen LogP contribution >= 0.6 is 0 Å². The summed E-state index contributed by atoms with van der Waals surface area (Å²) in [4.78, 5) is 22.6. The molecule has 1 aliphatic heterocycles. The highest BCUT2D eigenvalue weighted by atomic mass is 19.4. The zero-order valence-corrected chi connectivity index (χ0v) is 30.0. The Morgan fingerprint density at radius 2 is 1.61 bits per heavy atom. The number of amides is 1. The van der Waals surface area contributed by atoms with E-state index in [1.54, 1.807) is 31.2 Å². The number of benzene rings is 3. The summed E-state index contributed by atoms with van der Waals surface area (Å²) < 4.78 is 62.4. The summed E-state index contributed by atoms with van der Waals surface area (Å²) in [5, 5.41) is 3.55. The number of fused-ring (bicyclic) bond motifs is 1. The maximum absolute atomic E-state index is 13.7. The number of imidazole rings is 1. The molecule has 0 spiro atoms. The Hall–Kier alpha value is -4.65. The number of alkyl halides is 3. The van der Waals surface area contributed by atoms with Crippen LogP contribution in [0.2, 0.25) is 0 Å². The van der Waals surface area contributed by atoms with Gasteiger partial charge in [-0.15, -0.1) is 0 Å². The Morgan fingerprint density at radius 1 is 0.941 bits per heavy atom. The van der Waals surface area contributed by atoms with Gasteiger partial charge in [0.25, 0.3) is 5.91 Å². The topological polar surface area (TPSA) is 90.3 Å². The van der Waals surface area contributed by atoms with Crippen LogP contribution in [0.25, 0.3) is 11.0 Å². The van der Waals surface area contributed by atoms with Gasteiger partial charge in [0.15, 0.2) is 11.5 Å². The number of aromatic nitrogens is 2. The zero-order chi connectivity index (χ0) is 36.5. The lowest BCUT2D eigenvalue weighted by Gasteiger charge is -2.34. The first-order chi connectivity index (χ1) is 24.5. The number of para-hydroxylation sites is 2. The number of carbonyl (C=O) groups excluding carboxylic acids is 1. The Labute approximate surface area is 297 Å². The molecular formula is C38H48F3N5O5. The third-order valence-electron chi connectivity index (χ3n) is 9.55. The first kappa shape index (κ1) is 37.6. The van der Waals surface area contributed by atoms with Crippen LogP contribution in [0, 0.1) is 0 Å². The number of likely N-dealkylation sites (N-methyl/N-ethyl adjacent to an activating group) is 1. The molecule has 0 bridgehead atoms. The molecule has 0 radical (unpaired) electrons. The van der Waals surface area contributed by atoms with Gasteiger partial charge in [0.05, 0.1) is 39.5 Å². The normalized spacial score (nSPS) is 14.7. The minimum absolute atomic E-state index is 0.00436. The van der Waals surface area contributed by atoms with E-state index in [1.807, 2.05) is 41.0 Å². The summed E-state index contributed by atoms with van der Waals surface area (Å²) in [6.45, 7) is 3.30. The van der Waals surface area contributed by atoms with Gasteiger partial charge in [0.2, 0.25) is 11.7 Å². The second-order valence-electron chi connectivity index (χ2n) is 12.9. The Morgan fingerprint density at radius 3 is 2.22 bits per heavy atom. The van der Waals surface area contributed by atoms with E-state index >= 15 is 0 Å². The van der Waals surface area contributed by atoms with Crippen molar-refractivity contribution in [3.8, 4) is 23.0 Å². The maximum Gasteiger partial charge on any atom is 0.389 e. The number of aryl methyl sites for hydroxylation is 1. The fourth-order valence-corrected chi connectivity index (χ4v) is 6.75. The van der Waals surface area contributed by atoms with Gasteiger partial charge in [0, 0.05) is 57.2 Å². The van der Waals surface area contributed by atoms with Crippen LogP contribution in [-0.4, -0.2) is 99.1 Å². The van der Waals surface area contributed by atoms with Gasteiger partial charge in [-0.2, -0.15) is 13.2 Å². The number of anilines is 1. The van der Waals surface area contributed by atoms with Crippen molar-refractivity contribution in [3.63, 3.8) is 0 Å². The molecule has 1 aliphatic rings. The van der Waals surface area contributed by atoms with E-state index in [4.69, 9.17) is 23.9 Å². The second-order valence-corrected chi connectivity index (χ2v) is 12.9. The van der Waals surface area contributed by atoms with E-state index in [-0.39, 0.29) is 30.8 Å². The number of ether oxygens (including phenoxy) is 4. The molecule has 1 saturated heterocycles. The van der Waals surface area contributed by atoms with Crippen molar-refractivity contribution in [3.05, 3.63) is 71.8 Å². The number of hydrogen-bond donors (Lipinski definition) is 1. The van der Waals surface area contributed by atoms with E-state index in [1.165, 1.54) is 21.3 Å². The number of halogens is 3. The maximum atomic E-state index is 13.7. The number of hydrogen-bond acceptors (Lipinski definition) is 8. The quantitative estimate of drug-likeness (QED) is 0.130. The average Bonchev–Trinajstić information content (AvgIpc) is 3.48. The molecule has 2 heterocycles. The van der Waals surface area contributed by atoms with Crippen molar-refractivity contribution in [2.75, 3.05) is 67.0 Å². The summed E-state index contributed by atoms with van der Waals surface area (Å²) in [7, 11) is 8.00. The number of rotatable bonds is 16. The highest BCUT2D eigenvalue weighted by Gasteiger charge is 2.28. The van der Waals surface area contributed by atoms with Gasteiger partial charge < -0.3 is 38.6 Å². The van der Waals surface area contributed by atoms with Crippen LogP contribution in [0.3, 0.4) is 0 Å². The molecule has 10 nitrogen and oxygen atoms in total. The Bertz CT molecular complexity index is 1710. The number of nitrogens with zero attached hydrogens (tertiary/aromatic N) is 4. The van der Waals surface area contributed by atoms with Gasteiger partial charge in [0.1, 0.15) is 5.75 Å². The second kappa shape index (κ2) is 17.0. The van der Waals surface area contributed by atoms with Crippen molar-refractivity contribution in [1.29, 1.82) is 0 Å². The standard InChI is InChI=1S/C38H48F3N5O5/c1-44(36(47)28-23-33(49-3)35(51-5)34(24-28)50-4)25-27(26-11-13-30(48-2)14-12-26)15-20-45-21-16-29(17-22-45)42-37-43-31-9-6-7-10-32(31)46(37)19-8-18-38(39,40)41/h6-7,9-14,23-24,27,29H,8,15-22,25H2,1-5H3,(H,42,43). The smallest absolute Gasteiger partial charge is 0.389 e. The summed E-state index contributed by atoms with van der Waals surface area (Å²) >= 11 is 0. The molecule has 5 rings (SSSR count). The lowest BCUT2D eigenvalue weighted by Crippen LogP contribution is -2.40. The van der Waals surface area contributed by atoms with Crippen LogP contribution in [0.1, 0.15) is 53.9 Å². The van der Waals surface area contributed by atoms with E-state index in [0.717, 1.165) is 61.2 Å². The third kappa shape index (κ3) is 9.57. The van der Waals surface area contributed by atoms with Crippen LogP contribution in [0.5, 0.6) is 23.0 Å². The molecule has 1 unspecified atom stereocenters. The van der Waals surface area contributed by atoms with Crippen LogP contribution in [0.15, 0.2) is 60.7 Å². The van der Waals surface area contributed by atoms with E-state index in [2.05, 4.69) is 22.3 Å². The van der Waals surface area contributed by atoms with Gasteiger partial charge in [-0.3, -0.25) is 4.79 Å². The lowest BCUT2D eigenvalue weighted by atomic mass is 9.93. The molecule has 51 heavy (non-hydrogen) atoms. The fourth-order valence-electron chi connectivity index (χ4n) is 6.75. The molecule has 0 aliphatic carbocycles. The molecular weight excluding hydrogens is 663 g/mol. The zero-order valence-electron chi connectivity index (χ0n) is 30.0. The number of piperidine rings is 1. The molecule has 1 fully saturated rings. The number of methoxy groups -OCH3 is 4. The Balaban J connectivity index is 1.22. The van der Waals surface area contributed by atoms with Gasteiger partial charge in [-0.05, 0) is 74.2 Å². The predicted octanol–water partition coefficient (Wildman–Crippen LogP) is 7.24. The molecule has 1 aromatic heterocycles. The van der Waals surface area contributed by atoms with Crippen molar-refractivity contribution in [2.24, 2.45) is 0 Å². The number of nitrogens with one attached hydrogen (secondary N) is 1. The molecule has 1 atom stereocenters. The summed E-state index contributed by atoms with van der Waals surface area (Å²) in [5.74, 6) is 2.53. The molecule has 0 saturated carbocycles. The van der Waals surface area contributed by atoms with E-state index < -0.39 is 12.6 Å². The third-order valence-corrected chi connectivity index (χ3v) is 9.55. The Kier molecular flexibility index (Phi) is 12.6. The molecule has 3 aromatic carbocycles. The van der Waals surface area contributed by atoms with Crippen molar-refractivity contribution in [1.82, 2.24) is 19.4 Å². The average molecular weight is 712 g/mol. The monoisotopic (exact) mass is 711 g/mol. The van der Waals surface area contributed by atoms with Crippen LogP contribution in [0.4, 0.5) is 19.1 Å². The van der Waals surface area contributed by atoms with Crippen LogP contribution in [-0.2, 0) is 6.54 Å². The highest BCUT2D eigenvalue weighted by Crippen LogP contribution is 2.38. The first-order valence-electron chi connectivity index (χ1n) is 17.2. The minimum Gasteiger partial charge on any atom is -0.497 e. The summed E-state index contributed by atoms with van der Waals surface area (Å²) in [6, 6.07) is 19.0. The largest absolute Gasteiger partial charge is 0.497 e. The molecule has 1 amide bonds.